The van der Waals surface area contributed by atoms with E-state index < -0.39 is 0 Å². The molecule has 0 spiro atoms. The van der Waals surface area contributed by atoms with Gasteiger partial charge in [0.25, 0.3) is 0 Å². The molecule has 2 aromatic rings. The lowest BCUT2D eigenvalue weighted by Crippen LogP contribution is -1.77. The summed E-state index contributed by atoms with van der Waals surface area (Å²) in [4.78, 5) is 4.05. The van der Waals surface area contributed by atoms with Gasteiger partial charge in [-0.2, -0.15) is 0 Å². The van der Waals surface area contributed by atoms with Gasteiger partial charge in [-0.3, -0.25) is 4.98 Å². The van der Waals surface area contributed by atoms with Crippen molar-refractivity contribution in [1.29, 1.82) is 0 Å². The molecule has 0 atom stereocenters. The molecule has 0 amide bonds. The van der Waals surface area contributed by atoms with Crippen LogP contribution in [0, 0.1) is 0 Å². The summed E-state index contributed by atoms with van der Waals surface area (Å²) in [5.41, 5.74) is 2.19. The average molecular weight is 220 g/mol. The van der Waals surface area contributed by atoms with E-state index in [9.17, 15) is 0 Å². The van der Waals surface area contributed by atoms with Gasteiger partial charge in [-0.25, -0.2) is 0 Å². The fourth-order valence-electron chi connectivity index (χ4n) is 1.20. The summed E-state index contributed by atoms with van der Waals surface area (Å²) in [6, 6.07) is 11.7. The number of halogens is 1. The largest absolute Gasteiger partial charge is 0.264 e. The second-order valence-electron chi connectivity index (χ2n) is 2.75. The molecule has 1 nitrogen and oxygen atoms in total. The van der Waals surface area contributed by atoms with E-state index in [-0.39, 0.29) is 0 Å². The van der Waals surface area contributed by atoms with E-state index in [2.05, 4.69) is 4.98 Å². The molecule has 0 fully saturated rings. The van der Waals surface area contributed by atoms with Crippen LogP contribution >= 0.6 is 11.6 Å². The normalized spacial score (nSPS) is 9.00. The number of nitrogens with zero attached hydrogens (tertiary/aromatic N) is 1. The van der Waals surface area contributed by atoms with Gasteiger partial charge >= 0.3 is 0 Å². The molecule has 0 aliphatic heterocycles. The van der Waals surface area contributed by atoms with E-state index in [4.69, 9.17) is 11.6 Å². The maximum absolute atomic E-state index is 5.87. The summed E-state index contributed by atoms with van der Waals surface area (Å²) < 4.78 is 0. The number of benzene rings is 1. The summed E-state index contributed by atoms with van der Waals surface area (Å²) in [5, 5.41) is 0.751. The maximum Gasteiger partial charge on any atom is 0.0412 e. The second-order valence-corrected chi connectivity index (χ2v) is 3.19. The lowest BCUT2D eigenvalue weighted by molar-refractivity contribution is 1.33. The van der Waals surface area contributed by atoms with Crippen LogP contribution in [-0.4, -0.2) is 4.98 Å². The molecule has 78 valence electrons. The number of aromatic nitrogens is 1. The summed E-state index contributed by atoms with van der Waals surface area (Å²) in [6.45, 7) is 4.00. The summed E-state index contributed by atoms with van der Waals surface area (Å²) >= 11 is 5.87. The van der Waals surface area contributed by atoms with Crippen molar-refractivity contribution in [2.45, 2.75) is 13.8 Å². The Hall–Kier alpha value is -1.34. The second kappa shape index (κ2) is 6.20. The standard InChI is InChI=1S/C11H8ClN.C2H6/c12-11-5-1-3-9(7-11)10-4-2-6-13-8-10;1-2/h1-8H;1-2H3. The molecule has 0 saturated heterocycles. The monoisotopic (exact) mass is 219 g/mol. The predicted octanol–water partition coefficient (Wildman–Crippen LogP) is 4.43. The Labute approximate surface area is 95.7 Å². The molecule has 0 N–H and O–H groups in total. The summed E-state index contributed by atoms with van der Waals surface area (Å²) in [6.07, 6.45) is 3.58. The van der Waals surface area contributed by atoms with Crippen LogP contribution in [0.15, 0.2) is 48.8 Å². The third kappa shape index (κ3) is 3.37. The van der Waals surface area contributed by atoms with Crippen LogP contribution in [0.4, 0.5) is 0 Å². The van der Waals surface area contributed by atoms with Crippen molar-refractivity contribution < 1.29 is 0 Å². The first kappa shape index (κ1) is 11.7. The Bertz CT molecular complexity index is 398. The Morgan fingerprint density at radius 2 is 1.73 bits per heavy atom. The first-order chi connectivity index (χ1) is 7.36. The van der Waals surface area contributed by atoms with E-state index in [1.807, 2.05) is 56.4 Å². The lowest BCUT2D eigenvalue weighted by Gasteiger charge is -1.99. The average Bonchev–Trinajstić information content (AvgIpc) is 2.33. The van der Waals surface area contributed by atoms with Crippen LogP contribution in [0.1, 0.15) is 13.8 Å². The highest BCUT2D eigenvalue weighted by Gasteiger charge is 1.96. The van der Waals surface area contributed by atoms with E-state index in [1.54, 1.807) is 6.20 Å². The van der Waals surface area contributed by atoms with Crippen molar-refractivity contribution in [3.8, 4) is 11.1 Å². The minimum atomic E-state index is 0.751. The molecular weight excluding hydrogens is 206 g/mol. The number of pyridine rings is 1. The van der Waals surface area contributed by atoms with Crippen LogP contribution in [0.3, 0.4) is 0 Å². The molecule has 0 bridgehead atoms. The molecule has 1 aromatic carbocycles. The van der Waals surface area contributed by atoms with Gasteiger partial charge < -0.3 is 0 Å². The Morgan fingerprint density at radius 1 is 1.00 bits per heavy atom. The smallest absolute Gasteiger partial charge is 0.0412 e. The van der Waals surface area contributed by atoms with Crippen molar-refractivity contribution >= 4 is 11.6 Å². The first-order valence-corrected chi connectivity index (χ1v) is 5.40. The molecule has 0 radical (unpaired) electrons. The molecule has 1 aromatic heterocycles. The zero-order valence-corrected chi connectivity index (χ0v) is 9.70. The zero-order valence-electron chi connectivity index (χ0n) is 8.94. The number of rotatable bonds is 1. The molecule has 0 saturated carbocycles. The van der Waals surface area contributed by atoms with Crippen molar-refractivity contribution in [3.05, 3.63) is 53.8 Å². The lowest BCUT2D eigenvalue weighted by atomic mass is 10.1. The molecule has 0 unspecified atom stereocenters. The molecule has 0 aliphatic carbocycles. The minimum absolute atomic E-state index is 0.751. The molecule has 2 heteroatoms. The van der Waals surface area contributed by atoms with Gasteiger partial charge in [-0.15, -0.1) is 0 Å². The van der Waals surface area contributed by atoms with Crippen LogP contribution in [0.5, 0.6) is 0 Å². The highest BCUT2D eigenvalue weighted by Crippen LogP contribution is 2.21. The summed E-state index contributed by atoms with van der Waals surface area (Å²) in [5.74, 6) is 0. The quantitative estimate of drug-likeness (QED) is 0.692. The first-order valence-electron chi connectivity index (χ1n) is 5.02. The predicted molar refractivity (Wildman–Crippen MR) is 66.0 cm³/mol. The van der Waals surface area contributed by atoms with Gasteiger partial charge in [-0.05, 0) is 23.8 Å². The van der Waals surface area contributed by atoms with Gasteiger partial charge in [0, 0.05) is 23.0 Å². The highest BCUT2D eigenvalue weighted by molar-refractivity contribution is 6.30. The molecular formula is C13H14ClN. The van der Waals surface area contributed by atoms with Crippen molar-refractivity contribution in [3.63, 3.8) is 0 Å². The van der Waals surface area contributed by atoms with Gasteiger partial charge in [0.2, 0.25) is 0 Å². The third-order valence-electron chi connectivity index (χ3n) is 1.82. The summed E-state index contributed by atoms with van der Waals surface area (Å²) in [7, 11) is 0. The third-order valence-corrected chi connectivity index (χ3v) is 2.05. The van der Waals surface area contributed by atoms with Gasteiger partial charge in [0.1, 0.15) is 0 Å². The molecule has 0 aliphatic rings. The Morgan fingerprint density at radius 3 is 2.33 bits per heavy atom. The van der Waals surface area contributed by atoms with Crippen LogP contribution in [0.2, 0.25) is 5.02 Å². The van der Waals surface area contributed by atoms with E-state index in [0.717, 1.165) is 16.1 Å². The number of hydrogen-bond acceptors (Lipinski definition) is 1. The number of hydrogen-bond donors (Lipinski definition) is 0. The van der Waals surface area contributed by atoms with Crippen molar-refractivity contribution in [1.82, 2.24) is 4.98 Å². The Balaban J connectivity index is 0.000000531. The van der Waals surface area contributed by atoms with Gasteiger partial charge in [0.15, 0.2) is 0 Å². The zero-order chi connectivity index (χ0) is 11.1. The maximum atomic E-state index is 5.87. The van der Waals surface area contributed by atoms with E-state index in [1.165, 1.54) is 0 Å². The topological polar surface area (TPSA) is 12.9 Å². The highest BCUT2D eigenvalue weighted by atomic mass is 35.5. The van der Waals surface area contributed by atoms with E-state index >= 15 is 0 Å². The fourth-order valence-corrected chi connectivity index (χ4v) is 1.39. The van der Waals surface area contributed by atoms with Crippen molar-refractivity contribution in [2.24, 2.45) is 0 Å². The van der Waals surface area contributed by atoms with Crippen LogP contribution in [0.25, 0.3) is 11.1 Å². The van der Waals surface area contributed by atoms with Gasteiger partial charge in [-0.1, -0.05) is 43.6 Å². The SMILES string of the molecule is CC.Clc1cccc(-c2cccnc2)c1. The van der Waals surface area contributed by atoms with Crippen LogP contribution in [-0.2, 0) is 0 Å². The van der Waals surface area contributed by atoms with E-state index in [0.29, 0.717) is 0 Å². The Kier molecular flexibility index (Phi) is 4.85. The molecule has 15 heavy (non-hydrogen) atoms. The van der Waals surface area contributed by atoms with Crippen molar-refractivity contribution in [2.75, 3.05) is 0 Å². The molecule has 1 heterocycles. The minimum Gasteiger partial charge on any atom is -0.264 e. The fraction of sp³-hybridized carbons (Fsp3) is 0.154. The van der Waals surface area contributed by atoms with Gasteiger partial charge in [0.05, 0.1) is 0 Å². The van der Waals surface area contributed by atoms with Crippen LogP contribution < -0.4 is 0 Å². The molecule has 2 rings (SSSR count).